The highest BCUT2D eigenvalue weighted by Crippen LogP contribution is 2.24. The summed E-state index contributed by atoms with van der Waals surface area (Å²) in [4.78, 5) is 32.6. The first-order valence-electron chi connectivity index (χ1n) is 8.95. The van der Waals surface area contributed by atoms with Gasteiger partial charge in [0.2, 0.25) is 5.91 Å². The molecule has 0 saturated carbocycles. The third-order valence-electron chi connectivity index (χ3n) is 4.80. The summed E-state index contributed by atoms with van der Waals surface area (Å²) in [7, 11) is 1.43. The minimum atomic E-state index is -0.162. The summed E-state index contributed by atoms with van der Waals surface area (Å²) in [6.07, 6.45) is 2.66. The molecule has 0 aromatic rings. The number of rotatable bonds is 5. The summed E-state index contributed by atoms with van der Waals surface area (Å²) < 4.78 is 4.89. The number of esters is 1. The average molecular weight is 338 g/mol. The van der Waals surface area contributed by atoms with E-state index in [0.717, 1.165) is 45.0 Å². The third-order valence-corrected chi connectivity index (χ3v) is 4.80. The molecule has 2 unspecified atom stereocenters. The minimum absolute atomic E-state index is 0.120. The fraction of sp³-hybridized carbons (Fsp3) is 0.824. The van der Waals surface area contributed by atoms with Crippen LogP contribution in [0.15, 0.2) is 4.99 Å². The summed E-state index contributed by atoms with van der Waals surface area (Å²) in [5.74, 6) is 0.919. The lowest BCUT2D eigenvalue weighted by atomic mass is 9.99. The number of aliphatic imine (C=N–C) groups is 1. The Kier molecular flexibility index (Phi) is 6.87. The smallest absolute Gasteiger partial charge is 0.310 e. The Morgan fingerprint density at radius 1 is 1.21 bits per heavy atom. The van der Waals surface area contributed by atoms with Crippen LogP contribution in [0, 0.1) is 11.8 Å². The average Bonchev–Trinajstić information content (AvgIpc) is 3.23. The molecule has 2 atom stereocenters. The maximum atomic E-state index is 12.1. The van der Waals surface area contributed by atoms with Gasteiger partial charge < -0.3 is 19.9 Å². The molecular weight excluding hydrogens is 308 g/mol. The summed E-state index contributed by atoms with van der Waals surface area (Å²) in [5, 5.41) is 3.26. The van der Waals surface area contributed by atoms with Crippen LogP contribution in [-0.4, -0.2) is 74.0 Å². The molecule has 1 amide bonds. The van der Waals surface area contributed by atoms with Crippen molar-refractivity contribution in [3.8, 4) is 0 Å². The van der Waals surface area contributed by atoms with Gasteiger partial charge in [0.1, 0.15) is 0 Å². The summed E-state index contributed by atoms with van der Waals surface area (Å²) in [5.41, 5.74) is 0. The Labute approximate surface area is 144 Å². The number of nitrogens with one attached hydrogen (secondary N) is 1. The number of carbonyl (C=O) groups is 2. The molecular formula is C17H30N4O3. The predicted octanol–water partition coefficient (Wildman–Crippen LogP) is 0.705. The van der Waals surface area contributed by atoms with Crippen LogP contribution in [0.3, 0.4) is 0 Å². The molecule has 0 aliphatic carbocycles. The highest BCUT2D eigenvalue weighted by molar-refractivity contribution is 5.83. The van der Waals surface area contributed by atoms with Gasteiger partial charge in [-0.25, -0.2) is 0 Å². The van der Waals surface area contributed by atoms with Gasteiger partial charge in [-0.1, -0.05) is 6.92 Å². The van der Waals surface area contributed by atoms with E-state index in [2.05, 4.69) is 22.1 Å². The van der Waals surface area contributed by atoms with E-state index in [-0.39, 0.29) is 23.7 Å². The molecule has 24 heavy (non-hydrogen) atoms. The van der Waals surface area contributed by atoms with E-state index in [9.17, 15) is 9.59 Å². The van der Waals surface area contributed by atoms with Gasteiger partial charge in [-0.15, -0.1) is 0 Å². The first-order valence-corrected chi connectivity index (χ1v) is 8.95. The van der Waals surface area contributed by atoms with Gasteiger partial charge in [0.15, 0.2) is 5.96 Å². The first-order chi connectivity index (χ1) is 11.6. The molecule has 0 aromatic carbocycles. The molecule has 2 heterocycles. The molecule has 2 rings (SSSR count). The topological polar surface area (TPSA) is 74.2 Å². The van der Waals surface area contributed by atoms with E-state index in [1.54, 1.807) is 0 Å². The van der Waals surface area contributed by atoms with Gasteiger partial charge in [-0.3, -0.25) is 14.6 Å². The maximum absolute atomic E-state index is 12.1. The number of carbonyl (C=O) groups excluding carboxylic acids is 2. The Morgan fingerprint density at radius 2 is 1.92 bits per heavy atom. The van der Waals surface area contributed by atoms with Crippen LogP contribution in [-0.2, 0) is 14.3 Å². The summed E-state index contributed by atoms with van der Waals surface area (Å²) >= 11 is 0. The second kappa shape index (κ2) is 8.89. The summed E-state index contributed by atoms with van der Waals surface area (Å²) in [6.45, 7) is 8.45. The maximum Gasteiger partial charge on any atom is 0.310 e. The van der Waals surface area contributed by atoms with Crippen LogP contribution in [0.25, 0.3) is 0 Å². The van der Waals surface area contributed by atoms with Crippen LogP contribution in [0.5, 0.6) is 0 Å². The van der Waals surface area contributed by atoms with Crippen molar-refractivity contribution in [2.75, 3.05) is 46.4 Å². The number of methoxy groups -OCH3 is 1. The largest absolute Gasteiger partial charge is 0.469 e. The molecule has 0 radical (unpaired) electrons. The zero-order valence-corrected chi connectivity index (χ0v) is 15.1. The second-order valence-corrected chi connectivity index (χ2v) is 6.59. The van der Waals surface area contributed by atoms with E-state index in [1.165, 1.54) is 7.11 Å². The second-order valence-electron chi connectivity index (χ2n) is 6.59. The first kappa shape index (κ1) is 18.5. The molecule has 0 bridgehead atoms. The number of hydrogen-bond donors (Lipinski definition) is 1. The standard InChI is InChI=1S/C17H30N4O3/c1-4-18-17(19-8-7-15(22)20-9-5-6-10-20)21-11-13(2)14(12-21)16(23)24-3/h13-14H,4-12H2,1-3H3,(H,18,19). The third kappa shape index (κ3) is 4.61. The van der Waals surface area contributed by atoms with Gasteiger partial charge in [0, 0.05) is 39.1 Å². The molecule has 2 saturated heterocycles. The molecule has 2 fully saturated rings. The van der Waals surface area contributed by atoms with E-state index < -0.39 is 0 Å². The summed E-state index contributed by atoms with van der Waals surface area (Å²) in [6, 6.07) is 0. The van der Waals surface area contributed by atoms with Gasteiger partial charge in [-0.05, 0) is 25.7 Å². The normalized spacial score (nSPS) is 24.4. The quantitative estimate of drug-likeness (QED) is 0.454. The predicted molar refractivity (Wildman–Crippen MR) is 92.7 cm³/mol. The number of nitrogens with zero attached hydrogens (tertiary/aromatic N) is 3. The van der Waals surface area contributed by atoms with Crippen molar-refractivity contribution in [1.29, 1.82) is 0 Å². The van der Waals surface area contributed by atoms with Gasteiger partial charge >= 0.3 is 5.97 Å². The van der Waals surface area contributed by atoms with Gasteiger partial charge in [0.25, 0.3) is 0 Å². The monoisotopic (exact) mass is 338 g/mol. The molecule has 0 spiro atoms. The molecule has 1 N–H and O–H groups in total. The Balaban J connectivity index is 1.90. The number of likely N-dealkylation sites (tertiary alicyclic amines) is 2. The lowest BCUT2D eigenvalue weighted by Gasteiger charge is -2.21. The number of ether oxygens (including phenoxy) is 1. The van der Waals surface area contributed by atoms with Crippen molar-refractivity contribution in [2.24, 2.45) is 16.8 Å². The van der Waals surface area contributed by atoms with Crippen LogP contribution in [0.2, 0.25) is 0 Å². The van der Waals surface area contributed by atoms with Gasteiger partial charge in [0.05, 0.1) is 19.6 Å². The van der Waals surface area contributed by atoms with Crippen LogP contribution in [0.1, 0.15) is 33.1 Å². The van der Waals surface area contributed by atoms with Crippen molar-refractivity contribution < 1.29 is 14.3 Å². The lowest BCUT2D eigenvalue weighted by molar-refractivity contribution is -0.146. The van der Waals surface area contributed by atoms with Crippen molar-refractivity contribution in [3.05, 3.63) is 0 Å². The van der Waals surface area contributed by atoms with Crippen LogP contribution in [0.4, 0.5) is 0 Å². The van der Waals surface area contributed by atoms with E-state index >= 15 is 0 Å². The fourth-order valence-corrected chi connectivity index (χ4v) is 3.41. The molecule has 2 aliphatic heterocycles. The number of guanidine groups is 1. The Bertz CT molecular complexity index is 474. The molecule has 2 aliphatic rings. The Hall–Kier alpha value is -1.79. The number of amides is 1. The zero-order valence-electron chi connectivity index (χ0n) is 15.1. The molecule has 7 heteroatoms. The molecule has 7 nitrogen and oxygen atoms in total. The molecule has 136 valence electrons. The molecule has 0 aromatic heterocycles. The lowest BCUT2D eigenvalue weighted by Crippen LogP contribution is -2.41. The van der Waals surface area contributed by atoms with Crippen molar-refractivity contribution in [1.82, 2.24) is 15.1 Å². The van der Waals surface area contributed by atoms with E-state index in [1.807, 2.05) is 11.8 Å². The van der Waals surface area contributed by atoms with Crippen LogP contribution >= 0.6 is 0 Å². The number of hydrogen-bond acceptors (Lipinski definition) is 4. The van der Waals surface area contributed by atoms with Gasteiger partial charge in [-0.2, -0.15) is 0 Å². The van der Waals surface area contributed by atoms with Crippen molar-refractivity contribution >= 4 is 17.8 Å². The fourth-order valence-electron chi connectivity index (χ4n) is 3.41. The Morgan fingerprint density at radius 3 is 2.54 bits per heavy atom. The minimum Gasteiger partial charge on any atom is -0.469 e. The van der Waals surface area contributed by atoms with Crippen molar-refractivity contribution in [2.45, 2.75) is 33.1 Å². The highest BCUT2D eigenvalue weighted by Gasteiger charge is 2.36. The SMILES string of the molecule is CCNC(=NCCC(=O)N1CCCC1)N1CC(C)C(C(=O)OC)C1. The van der Waals surface area contributed by atoms with Crippen LogP contribution < -0.4 is 5.32 Å². The zero-order chi connectivity index (χ0) is 17.5. The van der Waals surface area contributed by atoms with E-state index in [0.29, 0.717) is 19.5 Å². The van der Waals surface area contributed by atoms with Crippen molar-refractivity contribution in [3.63, 3.8) is 0 Å². The van der Waals surface area contributed by atoms with E-state index in [4.69, 9.17) is 4.74 Å². The highest BCUT2D eigenvalue weighted by atomic mass is 16.5.